The Balaban J connectivity index is 2.06. The van der Waals surface area contributed by atoms with Gasteiger partial charge in [-0.1, -0.05) is 0 Å². The molecule has 1 heterocycles. The Bertz CT molecular complexity index is 179. The molecule has 0 amide bonds. The summed E-state index contributed by atoms with van der Waals surface area (Å²) < 4.78 is 30.3. The van der Waals surface area contributed by atoms with Crippen LogP contribution in [0.25, 0.3) is 0 Å². The molecule has 2 atom stereocenters. The number of halogens is 2. The van der Waals surface area contributed by atoms with Crippen LogP contribution in [0.15, 0.2) is 0 Å². The summed E-state index contributed by atoms with van der Waals surface area (Å²) in [5, 5.41) is 0. The lowest BCUT2D eigenvalue weighted by atomic mass is 9.97. The summed E-state index contributed by atoms with van der Waals surface area (Å²) in [5.41, 5.74) is 4.27. The minimum atomic E-state index is -2.63. The first-order chi connectivity index (χ1) is 5.06. The Morgan fingerprint density at radius 3 is 2.45 bits per heavy atom. The third-order valence-electron chi connectivity index (χ3n) is 2.73. The second kappa shape index (κ2) is 1.93. The molecule has 2 aliphatic rings. The molecule has 0 radical (unpaired) electrons. The topological polar surface area (TPSA) is 35.2 Å². The third-order valence-corrected chi connectivity index (χ3v) is 2.73. The maximum atomic E-state index is 12.7. The van der Waals surface area contributed by atoms with Crippen LogP contribution in [0, 0.1) is 5.92 Å². The quantitative estimate of drug-likeness (QED) is 0.619. The SMILES string of the molecule is NC1(C2CCOC2)CC1(F)F. The predicted molar refractivity (Wildman–Crippen MR) is 35.4 cm³/mol. The number of hydrogen-bond acceptors (Lipinski definition) is 2. The zero-order chi connectivity index (χ0) is 8.11. The average molecular weight is 163 g/mol. The molecule has 4 heteroatoms. The highest BCUT2D eigenvalue weighted by atomic mass is 19.3. The first kappa shape index (κ1) is 7.43. The van der Waals surface area contributed by atoms with E-state index in [9.17, 15) is 8.78 Å². The van der Waals surface area contributed by atoms with Gasteiger partial charge in [-0.2, -0.15) is 0 Å². The molecular weight excluding hydrogens is 152 g/mol. The minimum absolute atomic E-state index is 0.127. The van der Waals surface area contributed by atoms with Gasteiger partial charge in [0.1, 0.15) is 0 Å². The van der Waals surface area contributed by atoms with Crippen molar-refractivity contribution in [2.75, 3.05) is 13.2 Å². The van der Waals surface area contributed by atoms with Crippen LogP contribution in [0.1, 0.15) is 12.8 Å². The van der Waals surface area contributed by atoms with Crippen LogP contribution in [0.5, 0.6) is 0 Å². The molecule has 2 N–H and O–H groups in total. The van der Waals surface area contributed by atoms with Crippen LogP contribution in [0.2, 0.25) is 0 Å². The maximum Gasteiger partial charge on any atom is 0.268 e. The van der Waals surface area contributed by atoms with Crippen molar-refractivity contribution < 1.29 is 13.5 Å². The van der Waals surface area contributed by atoms with E-state index in [-0.39, 0.29) is 12.3 Å². The van der Waals surface area contributed by atoms with Gasteiger partial charge in [0.25, 0.3) is 5.92 Å². The van der Waals surface area contributed by atoms with Crippen LogP contribution in [-0.4, -0.2) is 24.7 Å². The van der Waals surface area contributed by atoms with Crippen molar-refractivity contribution in [1.82, 2.24) is 0 Å². The summed E-state index contributed by atoms with van der Waals surface area (Å²) >= 11 is 0. The molecule has 0 aromatic heterocycles. The van der Waals surface area contributed by atoms with E-state index in [2.05, 4.69) is 0 Å². The van der Waals surface area contributed by atoms with Gasteiger partial charge in [-0.15, -0.1) is 0 Å². The van der Waals surface area contributed by atoms with Crippen LogP contribution >= 0.6 is 0 Å². The Kier molecular flexibility index (Phi) is 1.30. The lowest BCUT2D eigenvalue weighted by molar-refractivity contribution is 0.0681. The molecule has 2 rings (SSSR count). The molecule has 1 saturated heterocycles. The van der Waals surface area contributed by atoms with Crippen molar-refractivity contribution in [3.05, 3.63) is 0 Å². The summed E-state index contributed by atoms with van der Waals surface area (Å²) in [6, 6.07) is 0. The summed E-state index contributed by atoms with van der Waals surface area (Å²) in [4.78, 5) is 0. The van der Waals surface area contributed by atoms with Gasteiger partial charge in [-0.25, -0.2) is 8.78 Å². The summed E-state index contributed by atoms with van der Waals surface area (Å²) in [7, 11) is 0. The minimum Gasteiger partial charge on any atom is -0.381 e. The van der Waals surface area contributed by atoms with Crippen molar-refractivity contribution in [3.8, 4) is 0 Å². The average Bonchev–Trinajstić information content (AvgIpc) is 2.36. The fourth-order valence-corrected chi connectivity index (χ4v) is 1.71. The van der Waals surface area contributed by atoms with Gasteiger partial charge in [-0.3, -0.25) is 0 Å². The number of nitrogens with two attached hydrogens (primary N) is 1. The van der Waals surface area contributed by atoms with Gasteiger partial charge in [0.05, 0.1) is 12.1 Å². The molecule has 2 unspecified atom stereocenters. The number of ether oxygens (including phenoxy) is 1. The summed E-state index contributed by atoms with van der Waals surface area (Å²) in [6.45, 7) is 0.992. The van der Waals surface area contributed by atoms with E-state index in [1.807, 2.05) is 0 Å². The van der Waals surface area contributed by atoms with E-state index in [0.29, 0.717) is 19.6 Å². The highest BCUT2D eigenvalue weighted by Gasteiger charge is 2.72. The Labute approximate surface area is 63.7 Å². The fraction of sp³-hybridized carbons (Fsp3) is 1.00. The van der Waals surface area contributed by atoms with Crippen molar-refractivity contribution in [2.45, 2.75) is 24.3 Å². The molecule has 1 aliphatic heterocycles. The Hall–Kier alpha value is -0.220. The van der Waals surface area contributed by atoms with E-state index in [4.69, 9.17) is 10.5 Å². The van der Waals surface area contributed by atoms with Crippen molar-refractivity contribution in [1.29, 1.82) is 0 Å². The van der Waals surface area contributed by atoms with Gasteiger partial charge in [0.2, 0.25) is 0 Å². The maximum absolute atomic E-state index is 12.7. The molecule has 1 saturated carbocycles. The van der Waals surface area contributed by atoms with Crippen LogP contribution in [-0.2, 0) is 4.74 Å². The van der Waals surface area contributed by atoms with Crippen molar-refractivity contribution >= 4 is 0 Å². The first-order valence-electron chi connectivity index (χ1n) is 3.81. The molecule has 0 aromatic carbocycles. The first-order valence-corrected chi connectivity index (χ1v) is 3.81. The van der Waals surface area contributed by atoms with Crippen LogP contribution < -0.4 is 5.73 Å². The van der Waals surface area contributed by atoms with Crippen molar-refractivity contribution in [3.63, 3.8) is 0 Å². The molecule has 64 valence electrons. The Morgan fingerprint density at radius 2 is 2.09 bits per heavy atom. The third kappa shape index (κ3) is 0.891. The van der Waals surface area contributed by atoms with Gasteiger partial charge in [0.15, 0.2) is 0 Å². The van der Waals surface area contributed by atoms with E-state index >= 15 is 0 Å². The Morgan fingerprint density at radius 1 is 1.45 bits per heavy atom. The smallest absolute Gasteiger partial charge is 0.268 e. The molecule has 1 aliphatic carbocycles. The van der Waals surface area contributed by atoms with E-state index in [1.54, 1.807) is 0 Å². The fourth-order valence-electron chi connectivity index (χ4n) is 1.71. The summed E-state index contributed by atoms with van der Waals surface area (Å²) in [5.74, 6) is -2.76. The molecular formula is C7H11F2NO. The lowest BCUT2D eigenvalue weighted by Gasteiger charge is -2.16. The zero-order valence-corrected chi connectivity index (χ0v) is 6.15. The monoisotopic (exact) mass is 163 g/mol. The second-order valence-electron chi connectivity index (χ2n) is 3.48. The number of alkyl halides is 2. The van der Waals surface area contributed by atoms with Gasteiger partial charge in [-0.05, 0) is 6.42 Å². The standard InChI is InChI=1S/C7H11F2NO/c8-7(9)4-6(7,10)5-1-2-11-3-5/h5H,1-4,10H2. The summed E-state index contributed by atoms with van der Waals surface area (Å²) in [6.07, 6.45) is 0.528. The van der Waals surface area contributed by atoms with Crippen LogP contribution in [0.3, 0.4) is 0 Å². The van der Waals surface area contributed by atoms with E-state index in [1.165, 1.54) is 0 Å². The molecule has 0 aromatic rings. The second-order valence-corrected chi connectivity index (χ2v) is 3.48. The molecule has 0 bridgehead atoms. The van der Waals surface area contributed by atoms with Gasteiger partial charge >= 0.3 is 0 Å². The largest absolute Gasteiger partial charge is 0.381 e. The van der Waals surface area contributed by atoms with Crippen molar-refractivity contribution in [2.24, 2.45) is 11.7 Å². The highest BCUT2D eigenvalue weighted by Crippen LogP contribution is 2.56. The van der Waals surface area contributed by atoms with Gasteiger partial charge in [0, 0.05) is 18.9 Å². The van der Waals surface area contributed by atoms with E-state index in [0.717, 1.165) is 0 Å². The predicted octanol–water partition coefficient (Wildman–Crippen LogP) is 0.759. The zero-order valence-electron chi connectivity index (χ0n) is 6.15. The molecule has 2 nitrogen and oxygen atoms in total. The lowest BCUT2D eigenvalue weighted by Crippen LogP contribution is -2.38. The molecule has 0 spiro atoms. The van der Waals surface area contributed by atoms with E-state index < -0.39 is 11.5 Å². The highest BCUT2D eigenvalue weighted by molar-refractivity contribution is 5.19. The number of hydrogen-bond donors (Lipinski definition) is 1. The van der Waals surface area contributed by atoms with Crippen LogP contribution in [0.4, 0.5) is 8.78 Å². The normalized spacial score (nSPS) is 47.7. The molecule has 11 heavy (non-hydrogen) atoms. The van der Waals surface area contributed by atoms with Gasteiger partial charge < -0.3 is 10.5 Å². The number of rotatable bonds is 1. The molecule has 2 fully saturated rings.